The van der Waals surface area contributed by atoms with E-state index in [2.05, 4.69) is 10.2 Å². The van der Waals surface area contributed by atoms with Gasteiger partial charge in [-0.3, -0.25) is 9.89 Å². The van der Waals surface area contributed by atoms with E-state index in [0.29, 0.717) is 22.7 Å². The van der Waals surface area contributed by atoms with E-state index in [1.807, 2.05) is 6.92 Å². The van der Waals surface area contributed by atoms with Crippen LogP contribution >= 0.6 is 11.8 Å². The van der Waals surface area contributed by atoms with Gasteiger partial charge in [0, 0.05) is 11.4 Å². The monoisotopic (exact) mass is 297 g/mol. The maximum absolute atomic E-state index is 12.7. The third-order valence-corrected chi connectivity index (χ3v) is 4.85. The van der Waals surface area contributed by atoms with E-state index in [1.165, 1.54) is 4.90 Å². The lowest BCUT2D eigenvalue weighted by molar-refractivity contribution is -0.141. The molecule has 0 bridgehead atoms. The van der Waals surface area contributed by atoms with Crippen molar-refractivity contribution < 1.29 is 14.7 Å². The van der Waals surface area contributed by atoms with Crippen molar-refractivity contribution in [3.63, 3.8) is 0 Å². The van der Waals surface area contributed by atoms with Crippen LogP contribution in [0.1, 0.15) is 41.5 Å². The van der Waals surface area contributed by atoms with Gasteiger partial charge in [0.15, 0.2) is 0 Å². The number of amides is 1. The number of carbonyl (C=O) groups excluding carboxylic acids is 1. The largest absolute Gasteiger partial charge is 0.480 e. The lowest BCUT2D eigenvalue weighted by Gasteiger charge is -2.27. The van der Waals surface area contributed by atoms with Crippen LogP contribution in [-0.2, 0) is 4.79 Å². The maximum Gasteiger partial charge on any atom is 0.327 e. The first-order valence-electron chi connectivity index (χ1n) is 6.66. The SMILES string of the molecule is CCCC1SCC(C(=O)O)N1C(=O)c1c(C)n[nH]c1C. The van der Waals surface area contributed by atoms with Gasteiger partial charge in [-0.2, -0.15) is 5.10 Å². The summed E-state index contributed by atoms with van der Waals surface area (Å²) >= 11 is 1.54. The van der Waals surface area contributed by atoms with Crippen LogP contribution in [0.25, 0.3) is 0 Å². The fraction of sp³-hybridized carbons (Fsp3) is 0.615. The standard InChI is InChI=1S/C13H19N3O3S/c1-4-5-10-16(9(6-20-10)13(18)19)12(17)11-7(2)14-15-8(11)3/h9-10H,4-6H2,1-3H3,(H,14,15)(H,18,19). The molecule has 6 nitrogen and oxygen atoms in total. The minimum absolute atomic E-state index is 0.0673. The average molecular weight is 297 g/mol. The van der Waals surface area contributed by atoms with Crippen LogP contribution < -0.4 is 0 Å². The van der Waals surface area contributed by atoms with Crippen LogP contribution in [0.15, 0.2) is 0 Å². The molecule has 0 saturated carbocycles. The summed E-state index contributed by atoms with van der Waals surface area (Å²) in [5.74, 6) is -0.727. The molecule has 1 fully saturated rings. The second-order valence-electron chi connectivity index (χ2n) is 4.95. The molecule has 1 aliphatic heterocycles. The highest BCUT2D eigenvalue weighted by atomic mass is 32.2. The fourth-order valence-electron chi connectivity index (χ4n) is 2.49. The Bertz CT molecular complexity index is 509. The van der Waals surface area contributed by atoms with Crippen LogP contribution in [0, 0.1) is 13.8 Å². The number of rotatable bonds is 4. The van der Waals surface area contributed by atoms with E-state index in [1.54, 1.807) is 25.6 Å². The Kier molecular flexibility index (Phi) is 4.37. The van der Waals surface area contributed by atoms with Crippen molar-refractivity contribution >= 4 is 23.6 Å². The van der Waals surface area contributed by atoms with Crippen molar-refractivity contribution in [1.29, 1.82) is 0 Å². The summed E-state index contributed by atoms with van der Waals surface area (Å²) in [5.41, 5.74) is 1.80. The van der Waals surface area contributed by atoms with Crippen LogP contribution in [0.2, 0.25) is 0 Å². The summed E-state index contributed by atoms with van der Waals surface area (Å²) in [6.07, 6.45) is 1.72. The van der Waals surface area contributed by atoms with E-state index in [4.69, 9.17) is 0 Å². The number of aromatic nitrogens is 2. The minimum Gasteiger partial charge on any atom is -0.480 e. The van der Waals surface area contributed by atoms with Crippen molar-refractivity contribution in [2.75, 3.05) is 5.75 Å². The third kappa shape index (κ3) is 2.54. The Morgan fingerprint density at radius 2 is 2.20 bits per heavy atom. The molecule has 1 aliphatic rings. The molecule has 2 rings (SSSR count). The second-order valence-corrected chi connectivity index (χ2v) is 6.16. The van der Waals surface area contributed by atoms with Crippen LogP contribution in [0.5, 0.6) is 0 Å². The van der Waals surface area contributed by atoms with E-state index in [-0.39, 0.29) is 11.3 Å². The maximum atomic E-state index is 12.7. The highest BCUT2D eigenvalue weighted by Crippen LogP contribution is 2.34. The van der Waals surface area contributed by atoms with Gasteiger partial charge in [-0.1, -0.05) is 13.3 Å². The Morgan fingerprint density at radius 1 is 1.50 bits per heavy atom. The van der Waals surface area contributed by atoms with Gasteiger partial charge in [0.25, 0.3) is 5.91 Å². The number of nitrogens with one attached hydrogen (secondary N) is 1. The quantitative estimate of drug-likeness (QED) is 0.885. The number of thioether (sulfide) groups is 1. The summed E-state index contributed by atoms with van der Waals surface area (Å²) in [5, 5.41) is 16.1. The predicted molar refractivity (Wildman–Crippen MR) is 76.8 cm³/mol. The molecule has 2 atom stereocenters. The van der Waals surface area contributed by atoms with Gasteiger partial charge < -0.3 is 10.0 Å². The molecule has 1 saturated heterocycles. The molecule has 1 aromatic heterocycles. The number of hydrogen-bond acceptors (Lipinski definition) is 4. The molecule has 7 heteroatoms. The molecule has 0 radical (unpaired) electrons. The number of aryl methyl sites for hydroxylation is 2. The van der Waals surface area contributed by atoms with Crippen molar-refractivity contribution in [2.45, 2.75) is 45.0 Å². The lowest BCUT2D eigenvalue weighted by atomic mass is 10.1. The molecule has 1 amide bonds. The summed E-state index contributed by atoms with van der Waals surface area (Å²) < 4.78 is 0. The zero-order valence-electron chi connectivity index (χ0n) is 11.8. The minimum atomic E-state index is -0.941. The first-order valence-corrected chi connectivity index (χ1v) is 7.70. The number of nitrogens with zero attached hydrogens (tertiary/aromatic N) is 2. The van der Waals surface area contributed by atoms with E-state index < -0.39 is 12.0 Å². The molecule has 0 aromatic carbocycles. The van der Waals surface area contributed by atoms with Crippen molar-refractivity contribution in [3.05, 3.63) is 17.0 Å². The van der Waals surface area contributed by atoms with E-state index in [9.17, 15) is 14.7 Å². The zero-order valence-corrected chi connectivity index (χ0v) is 12.7. The number of H-pyrrole nitrogens is 1. The van der Waals surface area contributed by atoms with Crippen molar-refractivity contribution in [3.8, 4) is 0 Å². The van der Waals surface area contributed by atoms with Crippen LogP contribution in [0.3, 0.4) is 0 Å². The number of aromatic amines is 1. The Labute approximate surface area is 121 Å². The number of carboxylic acids is 1. The van der Waals surface area contributed by atoms with Gasteiger partial charge in [0.05, 0.1) is 16.6 Å². The Balaban J connectivity index is 2.34. The normalized spacial score (nSPS) is 22.2. The van der Waals surface area contributed by atoms with Crippen LogP contribution in [-0.4, -0.2) is 49.2 Å². The number of carboxylic acid groups (broad SMARTS) is 1. The second kappa shape index (κ2) is 5.87. The molecule has 1 aromatic rings. The Hall–Kier alpha value is -1.50. The lowest BCUT2D eigenvalue weighted by Crippen LogP contribution is -2.45. The predicted octanol–water partition coefficient (Wildman–Crippen LogP) is 1.79. The molecular weight excluding hydrogens is 278 g/mol. The average Bonchev–Trinajstić information content (AvgIpc) is 2.94. The summed E-state index contributed by atoms with van der Waals surface area (Å²) in [4.78, 5) is 25.6. The molecular formula is C13H19N3O3S. The number of aliphatic carboxylic acids is 1. The first-order chi connectivity index (χ1) is 9.47. The summed E-state index contributed by atoms with van der Waals surface area (Å²) in [7, 11) is 0. The molecule has 2 N–H and O–H groups in total. The van der Waals surface area contributed by atoms with Crippen LogP contribution in [0.4, 0.5) is 0 Å². The highest BCUT2D eigenvalue weighted by Gasteiger charge is 2.42. The Morgan fingerprint density at radius 3 is 2.70 bits per heavy atom. The molecule has 2 unspecified atom stereocenters. The van der Waals surface area contributed by atoms with Gasteiger partial charge in [0.2, 0.25) is 0 Å². The zero-order chi connectivity index (χ0) is 14.9. The van der Waals surface area contributed by atoms with E-state index in [0.717, 1.165) is 12.8 Å². The summed E-state index contributed by atoms with van der Waals surface area (Å²) in [6.45, 7) is 5.57. The van der Waals surface area contributed by atoms with Gasteiger partial charge in [-0.25, -0.2) is 4.79 Å². The van der Waals surface area contributed by atoms with Gasteiger partial charge in [-0.05, 0) is 20.3 Å². The van der Waals surface area contributed by atoms with E-state index >= 15 is 0 Å². The summed E-state index contributed by atoms with van der Waals surface area (Å²) in [6, 6.07) is -0.752. The molecule has 0 spiro atoms. The third-order valence-electron chi connectivity index (χ3n) is 3.49. The molecule has 110 valence electrons. The van der Waals surface area contributed by atoms with Gasteiger partial charge >= 0.3 is 5.97 Å². The molecule has 2 heterocycles. The topological polar surface area (TPSA) is 86.3 Å². The fourth-order valence-corrected chi connectivity index (χ4v) is 4.00. The smallest absolute Gasteiger partial charge is 0.327 e. The molecule has 20 heavy (non-hydrogen) atoms. The van der Waals surface area contributed by atoms with Gasteiger partial charge in [-0.15, -0.1) is 11.8 Å². The number of hydrogen-bond donors (Lipinski definition) is 2. The van der Waals surface area contributed by atoms with Crippen molar-refractivity contribution in [1.82, 2.24) is 15.1 Å². The first kappa shape index (κ1) is 14.9. The molecule has 0 aliphatic carbocycles. The van der Waals surface area contributed by atoms with Crippen molar-refractivity contribution in [2.24, 2.45) is 0 Å². The number of carbonyl (C=O) groups is 2. The highest BCUT2D eigenvalue weighted by molar-refractivity contribution is 8.00. The van der Waals surface area contributed by atoms with Gasteiger partial charge in [0.1, 0.15) is 6.04 Å².